The lowest BCUT2D eigenvalue weighted by Gasteiger charge is -2.43. The van der Waals surface area contributed by atoms with Gasteiger partial charge in [0, 0.05) is 38.8 Å². The zero-order valence-corrected chi connectivity index (χ0v) is 17.2. The van der Waals surface area contributed by atoms with Gasteiger partial charge in [-0.05, 0) is 36.4 Å². The number of carbonyl (C=O) groups is 2. The Hall–Kier alpha value is -2.86. The lowest BCUT2D eigenvalue weighted by atomic mass is 9.79. The molecule has 2 unspecified atom stereocenters. The van der Waals surface area contributed by atoms with Gasteiger partial charge in [0.15, 0.2) is 0 Å². The van der Waals surface area contributed by atoms with Gasteiger partial charge in [0.25, 0.3) is 5.91 Å². The van der Waals surface area contributed by atoms with E-state index in [4.69, 9.17) is 4.74 Å². The number of ether oxygens (including phenoxy) is 1. The fourth-order valence-electron chi connectivity index (χ4n) is 4.38. The van der Waals surface area contributed by atoms with Crippen molar-refractivity contribution in [2.45, 2.75) is 12.0 Å². The molecule has 0 aliphatic carbocycles. The Balaban J connectivity index is 1.78. The van der Waals surface area contributed by atoms with Crippen LogP contribution >= 0.6 is 0 Å². The average molecular weight is 393 g/mol. The first-order chi connectivity index (χ1) is 14.0. The summed E-state index contributed by atoms with van der Waals surface area (Å²) in [4.78, 5) is 32.7. The van der Waals surface area contributed by atoms with Crippen molar-refractivity contribution in [2.75, 3.05) is 47.4 Å². The van der Waals surface area contributed by atoms with Gasteiger partial charge >= 0.3 is 0 Å². The van der Waals surface area contributed by atoms with E-state index in [9.17, 15) is 9.59 Å². The summed E-state index contributed by atoms with van der Waals surface area (Å²) < 4.78 is 5.28. The minimum atomic E-state index is -0.425. The predicted octanol–water partition coefficient (Wildman–Crippen LogP) is 2.38. The average Bonchev–Trinajstić information content (AvgIpc) is 2.76. The van der Waals surface area contributed by atoms with Gasteiger partial charge in [-0.25, -0.2) is 0 Å². The first-order valence-corrected chi connectivity index (χ1v) is 9.98. The lowest BCUT2D eigenvalue weighted by molar-refractivity contribution is -0.136. The molecule has 2 aromatic carbocycles. The molecule has 152 valence electrons. The number of nitrogens with zero attached hydrogens (tertiary/aromatic N) is 3. The van der Waals surface area contributed by atoms with E-state index in [0.29, 0.717) is 18.7 Å². The maximum Gasteiger partial charge on any atom is 0.254 e. The molecule has 6 heteroatoms. The van der Waals surface area contributed by atoms with E-state index in [1.165, 1.54) is 0 Å². The highest BCUT2D eigenvalue weighted by atomic mass is 16.5. The summed E-state index contributed by atoms with van der Waals surface area (Å²) in [5.41, 5.74) is 2.37. The Morgan fingerprint density at radius 1 is 0.966 bits per heavy atom. The highest BCUT2D eigenvalue weighted by Gasteiger charge is 2.44. The van der Waals surface area contributed by atoms with Crippen LogP contribution in [0.3, 0.4) is 0 Å². The maximum atomic E-state index is 13.7. The normalized spacial score (nSPS) is 22.4. The Morgan fingerprint density at radius 3 is 2.28 bits per heavy atom. The molecule has 1 saturated heterocycles. The second-order valence-corrected chi connectivity index (χ2v) is 7.83. The molecule has 29 heavy (non-hydrogen) atoms. The molecule has 0 bridgehead atoms. The van der Waals surface area contributed by atoms with Crippen molar-refractivity contribution >= 4 is 11.8 Å². The van der Waals surface area contributed by atoms with Crippen molar-refractivity contribution in [1.29, 1.82) is 0 Å². The summed E-state index contributed by atoms with van der Waals surface area (Å²) in [6.45, 7) is 3.14. The summed E-state index contributed by atoms with van der Waals surface area (Å²) in [5.74, 6) is 0.362. The van der Waals surface area contributed by atoms with Crippen LogP contribution in [-0.4, -0.2) is 73.9 Å². The van der Waals surface area contributed by atoms with Crippen molar-refractivity contribution in [1.82, 2.24) is 14.7 Å². The molecule has 0 radical (unpaired) electrons. The Labute approximate surface area is 171 Å². The second kappa shape index (κ2) is 7.87. The SMILES string of the molecule is COc1ccc(C2C(C(=O)N3CCN(C)CC3)c3ccccc3C(=O)N2C)cc1. The summed E-state index contributed by atoms with van der Waals surface area (Å²) in [6.07, 6.45) is 0. The third kappa shape index (κ3) is 3.49. The Kier molecular flexibility index (Phi) is 5.28. The number of methoxy groups -OCH3 is 1. The molecule has 0 aromatic heterocycles. The first-order valence-electron chi connectivity index (χ1n) is 9.98. The smallest absolute Gasteiger partial charge is 0.254 e. The highest BCUT2D eigenvalue weighted by molar-refractivity contribution is 6.01. The van der Waals surface area contributed by atoms with Crippen LogP contribution in [0.1, 0.15) is 33.4 Å². The van der Waals surface area contributed by atoms with Crippen molar-refractivity contribution in [3.8, 4) is 5.75 Å². The topological polar surface area (TPSA) is 53.1 Å². The van der Waals surface area contributed by atoms with Crippen molar-refractivity contribution in [2.24, 2.45) is 0 Å². The fourth-order valence-corrected chi connectivity index (χ4v) is 4.38. The van der Waals surface area contributed by atoms with Crippen LogP contribution in [0.2, 0.25) is 0 Å². The summed E-state index contributed by atoms with van der Waals surface area (Å²) in [7, 11) is 5.49. The van der Waals surface area contributed by atoms with Gasteiger partial charge in [-0.1, -0.05) is 30.3 Å². The number of amides is 2. The van der Waals surface area contributed by atoms with Gasteiger partial charge in [0.05, 0.1) is 19.1 Å². The molecule has 2 aromatic rings. The number of fused-ring (bicyclic) bond motifs is 1. The first kappa shape index (κ1) is 19.5. The number of benzene rings is 2. The Morgan fingerprint density at radius 2 is 1.62 bits per heavy atom. The van der Waals surface area contributed by atoms with Crippen molar-refractivity contribution in [3.63, 3.8) is 0 Å². The van der Waals surface area contributed by atoms with Gasteiger partial charge in [0.1, 0.15) is 5.75 Å². The minimum absolute atomic E-state index is 0.0520. The van der Waals surface area contributed by atoms with Gasteiger partial charge < -0.3 is 19.4 Å². The molecule has 6 nitrogen and oxygen atoms in total. The maximum absolute atomic E-state index is 13.7. The van der Waals surface area contributed by atoms with Crippen LogP contribution in [0, 0.1) is 0 Å². The molecule has 0 N–H and O–H groups in total. The highest BCUT2D eigenvalue weighted by Crippen LogP contribution is 2.43. The second-order valence-electron chi connectivity index (χ2n) is 7.83. The third-order valence-corrected chi connectivity index (χ3v) is 6.12. The van der Waals surface area contributed by atoms with E-state index >= 15 is 0 Å². The molecule has 1 fully saturated rings. The Bertz CT molecular complexity index is 904. The van der Waals surface area contributed by atoms with E-state index < -0.39 is 5.92 Å². The lowest BCUT2D eigenvalue weighted by Crippen LogP contribution is -2.52. The summed E-state index contributed by atoms with van der Waals surface area (Å²) in [6, 6.07) is 14.8. The monoisotopic (exact) mass is 393 g/mol. The molecular formula is C23H27N3O3. The van der Waals surface area contributed by atoms with E-state index in [-0.39, 0.29) is 17.9 Å². The van der Waals surface area contributed by atoms with Gasteiger partial charge in [-0.2, -0.15) is 0 Å². The van der Waals surface area contributed by atoms with E-state index in [2.05, 4.69) is 11.9 Å². The molecule has 2 atom stereocenters. The standard InChI is InChI=1S/C23H27N3O3/c1-24-12-14-26(15-13-24)23(28)20-18-6-4-5-7-19(18)22(27)25(2)21(20)16-8-10-17(29-3)11-9-16/h4-11,20-21H,12-15H2,1-3H3. The molecule has 2 aliphatic heterocycles. The van der Waals surface area contributed by atoms with Crippen LogP contribution in [0.25, 0.3) is 0 Å². The molecule has 2 heterocycles. The fraction of sp³-hybridized carbons (Fsp3) is 0.391. The molecular weight excluding hydrogens is 366 g/mol. The van der Waals surface area contributed by atoms with E-state index in [0.717, 1.165) is 30.0 Å². The number of carbonyl (C=O) groups excluding carboxylic acids is 2. The largest absolute Gasteiger partial charge is 0.497 e. The van der Waals surface area contributed by atoms with Crippen LogP contribution in [0.5, 0.6) is 5.75 Å². The number of likely N-dealkylation sites (N-methyl/N-ethyl adjacent to an activating group) is 2. The zero-order valence-electron chi connectivity index (χ0n) is 17.2. The van der Waals surface area contributed by atoms with Gasteiger partial charge in [-0.15, -0.1) is 0 Å². The summed E-state index contributed by atoms with van der Waals surface area (Å²) in [5, 5.41) is 0. The number of rotatable bonds is 3. The molecule has 0 spiro atoms. The molecule has 0 saturated carbocycles. The van der Waals surface area contributed by atoms with Gasteiger partial charge in [0.2, 0.25) is 5.91 Å². The molecule has 2 aliphatic rings. The van der Waals surface area contributed by atoms with Crippen molar-refractivity contribution in [3.05, 3.63) is 65.2 Å². The quantitative estimate of drug-likeness (QED) is 0.804. The van der Waals surface area contributed by atoms with Crippen LogP contribution in [-0.2, 0) is 4.79 Å². The molecule has 4 rings (SSSR count). The van der Waals surface area contributed by atoms with Crippen LogP contribution < -0.4 is 4.74 Å². The minimum Gasteiger partial charge on any atom is -0.497 e. The van der Waals surface area contributed by atoms with Crippen LogP contribution in [0.4, 0.5) is 0 Å². The van der Waals surface area contributed by atoms with Crippen molar-refractivity contribution < 1.29 is 14.3 Å². The van der Waals surface area contributed by atoms with E-state index in [1.807, 2.05) is 53.4 Å². The summed E-state index contributed by atoms with van der Waals surface area (Å²) >= 11 is 0. The van der Waals surface area contributed by atoms with Crippen LogP contribution in [0.15, 0.2) is 48.5 Å². The zero-order chi connectivity index (χ0) is 20.5. The van der Waals surface area contributed by atoms with E-state index in [1.54, 1.807) is 19.1 Å². The third-order valence-electron chi connectivity index (χ3n) is 6.12. The van der Waals surface area contributed by atoms with Gasteiger partial charge in [-0.3, -0.25) is 9.59 Å². The number of hydrogen-bond donors (Lipinski definition) is 0. The number of hydrogen-bond acceptors (Lipinski definition) is 4. The number of piperazine rings is 1. The predicted molar refractivity (Wildman–Crippen MR) is 111 cm³/mol. The molecule has 2 amide bonds.